The van der Waals surface area contributed by atoms with Crippen molar-refractivity contribution in [2.75, 3.05) is 59.6 Å². The Morgan fingerprint density at radius 1 is 1.36 bits per heavy atom. The van der Waals surface area contributed by atoms with Crippen LogP contribution in [0.3, 0.4) is 0 Å². The molecular formula is C18H27FN4O2. The molecule has 1 aromatic carbocycles. The molecule has 2 fully saturated rings. The number of nitrogens with zero attached hydrogens (tertiary/aromatic N) is 3. The Morgan fingerprint density at radius 2 is 2.20 bits per heavy atom. The minimum Gasteiger partial charge on any atom is -0.492 e. The van der Waals surface area contributed by atoms with Crippen LogP contribution in [0, 0.1) is 5.82 Å². The summed E-state index contributed by atoms with van der Waals surface area (Å²) in [6.45, 7) is 6.79. The van der Waals surface area contributed by atoms with Gasteiger partial charge in [0.15, 0.2) is 5.96 Å². The topological polar surface area (TPSA) is 49.3 Å². The predicted molar refractivity (Wildman–Crippen MR) is 95.6 cm³/mol. The molecule has 2 saturated heterocycles. The van der Waals surface area contributed by atoms with Gasteiger partial charge in [0.25, 0.3) is 0 Å². The maximum Gasteiger partial charge on any atom is 0.193 e. The molecule has 0 amide bonds. The Balaban J connectivity index is 1.40. The van der Waals surface area contributed by atoms with E-state index < -0.39 is 0 Å². The highest BCUT2D eigenvalue weighted by Gasteiger charge is 2.30. The van der Waals surface area contributed by atoms with Gasteiger partial charge in [-0.25, -0.2) is 4.39 Å². The van der Waals surface area contributed by atoms with Crippen LogP contribution in [0.1, 0.15) is 6.42 Å². The lowest BCUT2D eigenvalue weighted by atomic mass is 10.2. The van der Waals surface area contributed by atoms with E-state index in [0.717, 1.165) is 51.8 Å². The number of likely N-dealkylation sites (tertiary alicyclic amines) is 1. The molecule has 3 rings (SSSR count). The van der Waals surface area contributed by atoms with Gasteiger partial charge in [-0.2, -0.15) is 0 Å². The SMILES string of the molecule is CN=C(NCCOc1cccc(F)c1)N1CCC(N2CCOCC2)C1. The van der Waals surface area contributed by atoms with E-state index in [1.54, 1.807) is 19.2 Å². The second kappa shape index (κ2) is 9.01. The minimum absolute atomic E-state index is 0.285. The van der Waals surface area contributed by atoms with E-state index in [9.17, 15) is 4.39 Å². The summed E-state index contributed by atoms with van der Waals surface area (Å²) < 4.78 is 24.1. The van der Waals surface area contributed by atoms with Crippen LogP contribution in [0.2, 0.25) is 0 Å². The van der Waals surface area contributed by atoms with Crippen molar-refractivity contribution in [3.05, 3.63) is 30.1 Å². The fraction of sp³-hybridized carbons (Fsp3) is 0.611. The largest absolute Gasteiger partial charge is 0.492 e. The summed E-state index contributed by atoms with van der Waals surface area (Å²) in [5.74, 6) is 1.16. The van der Waals surface area contributed by atoms with Crippen LogP contribution >= 0.6 is 0 Å². The zero-order valence-electron chi connectivity index (χ0n) is 14.8. The Kier molecular flexibility index (Phi) is 6.47. The van der Waals surface area contributed by atoms with Crippen LogP contribution < -0.4 is 10.1 Å². The van der Waals surface area contributed by atoms with Gasteiger partial charge in [0.2, 0.25) is 0 Å². The average molecular weight is 350 g/mol. The molecular weight excluding hydrogens is 323 g/mol. The molecule has 2 aliphatic heterocycles. The van der Waals surface area contributed by atoms with E-state index in [1.807, 2.05) is 0 Å². The highest BCUT2D eigenvalue weighted by molar-refractivity contribution is 5.80. The minimum atomic E-state index is -0.285. The van der Waals surface area contributed by atoms with Crippen LogP contribution in [0.5, 0.6) is 5.75 Å². The van der Waals surface area contributed by atoms with Crippen molar-refractivity contribution in [1.82, 2.24) is 15.1 Å². The molecule has 138 valence electrons. The van der Waals surface area contributed by atoms with E-state index in [-0.39, 0.29) is 5.82 Å². The van der Waals surface area contributed by atoms with Crippen molar-refractivity contribution in [1.29, 1.82) is 0 Å². The zero-order valence-corrected chi connectivity index (χ0v) is 14.8. The molecule has 7 heteroatoms. The summed E-state index contributed by atoms with van der Waals surface area (Å²) in [5.41, 5.74) is 0. The third-order valence-electron chi connectivity index (χ3n) is 4.69. The van der Waals surface area contributed by atoms with E-state index in [2.05, 4.69) is 20.1 Å². The third-order valence-corrected chi connectivity index (χ3v) is 4.69. The number of benzene rings is 1. The zero-order chi connectivity index (χ0) is 17.5. The lowest BCUT2D eigenvalue weighted by Gasteiger charge is -2.32. The molecule has 25 heavy (non-hydrogen) atoms. The summed E-state index contributed by atoms with van der Waals surface area (Å²) >= 11 is 0. The van der Waals surface area contributed by atoms with Crippen LogP contribution in [0.25, 0.3) is 0 Å². The summed E-state index contributed by atoms with van der Waals surface area (Å²) in [5, 5.41) is 3.33. The summed E-state index contributed by atoms with van der Waals surface area (Å²) in [6.07, 6.45) is 1.15. The normalized spacial score (nSPS) is 22.2. The molecule has 2 heterocycles. The van der Waals surface area contributed by atoms with Crippen molar-refractivity contribution in [2.24, 2.45) is 4.99 Å². The van der Waals surface area contributed by atoms with Gasteiger partial charge in [0, 0.05) is 45.3 Å². The van der Waals surface area contributed by atoms with Crippen molar-refractivity contribution in [2.45, 2.75) is 12.5 Å². The monoisotopic (exact) mass is 350 g/mol. The average Bonchev–Trinajstić information content (AvgIpc) is 3.12. The number of guanidine groups is 1. The molecule has 0 spiro atoms. The molecule has 1 aromatic rings. The first-order valence-electron chi connectivity index (χ1n) is 8.92. The highest BCUT2D eigenvalue weighted by atomic mass is 19.1. The summed E-state index contributed by atoms with van der Waals surface area (Å²) in [6, 6.07) is 6.78. The van der Waals surface area contributed by atoms with Gasteiger partial charge in [-0.3, -0.25) is 9.89 Å². The molecule has 0 radical (unpaired) electrons. The number of morpholine rings is 1. The molecule has 1 atom stereocenters. The Labute approximate surface area is 148 Å². The number of rotatable bonds is 5. The van der Waals surface area contributed by atoms with Crippen LogP contribution in [0.4, 0.5) is 4.39 Å². The van der Waals surface area contributed by atoms with Crippen molar-refractivity contribution in [3.63, 3.8) is 0 Å². The van der Waals surface area contributed by atoms with Gasteiger partial charge < -0.3 is 19.7 Å². The number of ether oxygens (including phenoxy) is 2. The Bertz CT molecular complexity index is 578. The lowest BCUT2D eigenvalue weighted by molar-refractivity contribution is 0.0195. The fourth-order valence-corrected chi connectivity index (χ4v) is 3.40. The Morgan fingerprint density at radius 3 is 2.96 bits per heavy atom. The second-order valence-corrected chi connectivity index (χ2v) is 6.32. The number of aliphatic imine (C=N–C) groups is 1. The number of hydrogen-bond donors (Lipinski definition) is 1. The fourth-order valence-electron chi connectivity index (χ4n) is 3.40. The van der Waals surface area contributed by atoms with Crippen molar-refractivity contribution >= 4 is 5.96 Å². The smallest absolute Gasteiger partial charge is 0.193 e. The molecule has 2 aliphatic rings. The first-order valence-corrected chi connectivity index (χ1v) is 8.92. The van der Waals surface area contributed by atoms with Gasteiger partial charge in [-0.1, -0.05) is 6.07 Å². The van der Waals surface area contributed by atoms with Gasteiger partial charge >= 0.3 is 0 Å². The molecule has 6 nitrogen and oxygen atoms in total. The molecule has 1 unspecified atom stereocenters. The van der Waals surface area contributed by atoms with Gasteiger partial charge in [0.05, 0.1) is 19.8 Å². The quantitative estimate of drug-likeness (QED) is 0.491. The van der Waals surface area contributed by atoms with Crippen molar-refractivity contribution < 1.29 is 13.9 Å². The van der Waals surface area contributed by atoms with E-state index in [0.29, 0.717) is 24.9 Å². The Hall–Kier alpha value is -1.86. The molecule has 1 N–H and O–H groups in total. The van der Waals surface area contributed by atoms with Gasteiger partial charge in [0.1, 0.15) is 18.2 Å². The standard InChI is InChI=1S/C18H27FN4O2/c1-20-18(21-6-10-25-17-4-2-3-15(19)13-17)23-7-5-16(14-23)22-8-11-24-12-9-22/h2-4,13,16H,5-12,14H2,1H3,(H,20,21). The number of halogens is 1. The third kappa shape index (κ3) is 5.06. The summed E-state index contributed by atoms with van der Waals surface area (Å²) in [7, 11) is 1.80. The second-order valence-electron chi connectivity index (χ2n) is 6.32. The van der Waals surface area contributed by atoms with E-state index >= 15 is 0 Å². The summed E-state index contributed by atoms with van der Waals surface area (Å²) in [4.78, 5) is 9.19. The van der Waals surface area contributed by atoms with E-state index in [4.69, 9.17) is 9.47 Å². The van der Waals surface area contributed by atoms with E-state index in [1.165, 1.54) is 12.1 Å². The number of nitrogens with one attached hydrogen (secondary N) is 1. The predicted octanol–water partition coefficient (Wildman–Crippen LogP) is 1.19. The van der Waals surface area contributed by atoms with Crippen LogP contribution in [-0.4, -0.2) is 81.4 Å². The lowest BCUT2D eigenvalue weighted by Crippen LogP contribution is -2.47. The molecule has 0 bridgehead atoms. The molecule has 0 aliphatic carbocycles. The first kappa shape index (κ1) is 17.9. The maximum absolute atomic E-state index is 13.1. The van der Waals surface area contributed by atoms with Gasteiger partial charge in [-0.05, 0) is 18.6 Å². The number of hydrogen-bond acceptors (Lipinski definition) is 4. The first-order chi connectivity index (χ1) is 12.3. The highest BCUT2D eigenvalue weighted by Crippen LogP contribution is 2.17. The van der Waals surface area contributed by atoms with Crippen LogP contribution in [0.15, 0.2) is 29.3 Å². The maximum atomic E-state index is 13.1. The van der Waals surface area contributed by atoms with Crippen molar-refractivity contribution in [3.8, 4) is 5.75 Å². The molecule has 0 aromatic heterocycles. The molecule has 0 saturated carbocycles. The van der Waals surface area contributed by atoms with Crippen LogP contribution in [-0.2, 0) is 4.74 Å². The van der Waals surface area contributed by atoms with Gasteiger partial charge in [-0.15, -0.1) is 0 Å².